The van der Waals surface area contributed by atoms with Gasteiger partial charge in [-0.2, -0.15) is 0 Å². The number of aromatic nitrogens is 1. The summed E-state index contributed by atoms with van der Waals surface area (Å²) < 4.78 is 5.37. The summed E-state index contributed by atoms with van der Waals surface area (Å²) in [5, 5.41) is 4.70. The van der Waals surface area contributed by atoms with Crippen LogP contribution < -0.4 is 10.1 Å². The molecule has 1 fully saturated rings. The minimum absolute atomic E-state index is 0.695. The SMILES string of the molecule is CCC1CC1NCc1ccc2cccc(OC)c2n1. The van der Waals surface area contributed by atoms with Crippen molar-refractivity contribution in [3.05, 3.63) is 36.0 Å². The van der Waals surface area contributed by atoms with E-state index in [0.717, 1.165) is 34.8 Å². The average Bonchev–Trinajstić information content (AvgIpc) is 3.23. The number of nitrogens with one attached hydrogen (secondary N) is 1. The number of para-hydroxylation sites is 1. The maximum Gasteiger partial charge on any atom is 0.145 e. The van der Waals surface area contributed by atoms with E-state index < -0.39 is 0 Å². The van der Waals surface area contributed by atoms with Crippen molar-refractivity contribution in [3.63, 3.8) is 0 Å². The highest BCUT2D eigenvalue weighted by Crippen LogP contribution is 2.33. The van der Waals surface area contributed by atoms with Gasteiger partial charge >= 0.3 is 0 Å². The molecule has 0 radical (unpaired) electrons. The largest absolute Gasteiger partial charge is 0.494 e. The molecule has 2 atom stereocenters. The van der Waals surface area contributed by atoms with Gasteiger partial charge in [-0.25, -0.2) is 4.98 Å². The standard InChI is InChI=1S/C16H20N2O/c1-3-11-9-14(11)17-10-13-8-7-12-5-4-6-15(19-2)16(12)18-13/h4-8,11,14,17H,3,9-10H2,1-2H3. The Bertz CT molecular complexity index is 582. The van der Waals surface area contributed by atoms with E-state index in [4.69, 9.17) is 9.72 Å². The summed E-state index contributed by atoms with van der Waals surface area (Å²) >= 11 is 0. The quantitative estimate of drug-likeness (QED) is 0.892. The van der Waals surface area contributed by atoms with Crippen LogP contribution in [0.15, 0.2) is 30.3 Å². The van der Waals surface area contributed by atoms with E-state index in [2.05, 4.69) is 30.4 Å². The molecule has 19 heavy (non-hydrogen) atoms. The molecule has 3 heteroatoms. The van der Waals surface area contributed by atoms with Crippen molar-refractivity contribution >= 4 is 10.9 Å². The molecule has 100 valence electrons. The molecule has 2 unspecified atom stereocenters. The van der Waals surface area contributed by atoms with Crippen LogP contribution in [-0.4, -0.2) is 18.1 Å². The van der Waals surface area contributed by atoms with Crippen molar-refractivity contribution in [2.75, 3.05) is 7.11 Å². The van der Waals surface area contributed by atoms with E-state index >= 15 is 0 Å². The molecule has 3 rings (SSSR count). The van der Waals surface area contributed by atoms with Gasteiger partial charge in [0, 0.05) is 18.0 Å². The minimum Gasteiger partial charge on any atom is -0.494 e. The van der Waals surface area contributed by atoms with Crippen molar-refractivity contribution in [1.29, 1.82) is 0 Å². The van der Waals surface area contributed by atoms with Crippen LogP contribution in [0.1, 0.15) is 25.5 Å². The van der Waals surface area contributed by atoms with E-state index in [1.54, 1.807) is 7.11 Å². The van der Waals surface area contributed by atoms with E-state index in [-0.39, 0.29) is 0 Å². The number of hydrogen-bond acceptors (Lipinski definition) is 3. The molecule has 0 spiro atoms. The zero-order valence-electron chi connectivity index (χ0n) is 11.5. The first-order chi connectivity index (χ1) is 9.31. The van der Waals surface area contributed by atoms with E-state index in [1.807, 2.05) is 12.1 Å². The van der Waals surface area contributed by atoms with Crippen LogP contribution in [0, 0.1) is 5.92 Å². The number of pyridine rings is 1. The Morgan fingerprint density at radius 1 is 1.32 bits per heavy atom. The summed E-state index contributed by atoms with van der Waals surface area (Å²) in [6.07, 6.45) is 2.59. The normalized spacial score (nSPS) is 21.6. The highest BCUT2D eigenvalue weighted by atomic mass is 16.5. The summed E-state index contributed by atoms with van der Waals surface area (Å²) in [6.45, 7) is 3.10. The van der Waals surface area contributed by atoms with Crippen molar-refractivity contribution in [2.45, 2.75) is 32.4 Å². The van der Waals surface area contributed by atoms with Gasteiger partial charge in [0.1, 0.15) is 11.3 Å². The van der Waals surface area contributed by atoms with Crippen molar-refractivity contribution in [2.24, 2.45) is 5.92 Å². The van der Waals surface area contributed by atoms with Crippen LogP contribution >= 0.6 is 0 Å². The monoisotopic (exact) mass is 256 g/mol. The maximum atomic E-state index is 5.37. The predicted molar refractivity (Wildman–Crippen MR) is 77.3 cm³/mol. The molecule has 1 aromatic heterocycles. The number of rotatable bonds is 5. The third-order valence-electron chi connectivity index (χ3n) is 3.95. The van der Waals surface area contributed by atoms with Crippen molar-refractivity contribution in [3.8, 4) is 5.75 Å². The van der Waals surface area contributed by atoms with Gasteiger partial charge in [0.15, 0.2) is 0 Å². The van der Waals surface area contributed by atoms with Crippen molar-refractivity contribution in [1.82, 2.24) is 10.3 Å². The molecule has 1 saturated carbocycles. The van der Waals surface area contributed by atoms with Crippen molar-refractivity contribution < 1.29 is 4.74 Å². The highest BCUT2D eigenvalue weighted by Gasteiger charge is 2.34. The van der Waals surface area contributed by atoms with E-state index in [0.29, 0.717) is 6.04 Å². The lowest BCUT2D eigenvalue weighted by Gasteiger charge is -2.07. The van der Waals surface area contributed by atoms with Crippen LogP contribution in [0.4, 0.5) is 0 Å². The summed E-state index contributed by atoms with van der Waals surface area (Å²) in [4.78, 5) is 4.71. The Balaban J connectivity index is 1.77. The van der Waals surface area contributed by atoms with Gasteiger partial charge in [-0.15, -0.1) is 0 Å². The van der Waals surface area contributed by atoms with Gasteiger partial charge in [0.05, 0.1) is 12.8 Å². The van der Waals surface area contributed by atoms with Crippen LogP contribution in [0.5, 0.6) is 5.75 Å². The third-order valence-corrected chi connectivity index (χ3v) is 3.95. The van der Waals surface area contributed by atoms with Crippen LogP contribution in [0.2, 0.25) is 0 Å². The Hall–Kier alpha value is -1.61. The second-order valence-corrected chi connectivity index (χ2v) is 5.23. The van der Waals surface area contributed by atoms with Gasteiger partial charge < -0.3 is 10.1 Å². The lowest BCUT2D eigenvalue weighted by Crippen LogP contribution is -2.18. The number of methoxy groups -OCH3 is 1. The minimum atomic E-state index is 0.695. The molecule has 1 heterocycles. The smallest absolute Gasteiger partial charge is 0.145 e. The van der Waals surface area contributed by atoms with E-state index in [1.165, 1.54) is 12.8 Å². The number of ether oxygens (including phenoxy) is 1. The summed E-state index contributed by atoms with van der Waals surface area (Å²) in [6, 6.07) is 10.9. The second kappa shape index (κ2) is 5.17. The van der Waals surface area contributed by atoms with Crippen LogP contribution in [0.3, 0.4) is 0 Å². The van der Waals surface area contributed by atoms with E-state index in [9.17, 15) is 0 Å². The molecule has 0 saturated heterocycles. The summed E-state index contributed by atoms with van der Waals surface area (Å²) in [7, 11) is 1.69. The lowest BCUT2D eigenvalue weighted by atomic mass is 10.2. The second-order valence-electron chi connectivity index (χ2n) is 5.23. The number of fused-ring (bicyclic) bond motifs is 1. The van der Waals surface area contributed by atoms with Crippen LogP contribution in [0.25, 0.3) is 10.9 Å². The molecule has 0 bridgehead atoms. The predicted octanol–water partition coefficient (Wildman–Crippen LogP) is 3.13. The molecule has 0 amide bonds. The van der Waals surface area contributed by atoms with Gasteiger partial charge in [-0.3, -0.25) is 0 Å². The first-order valence-corrected chi connectivity index (χ1v) is 6.98. The number of hydrogen-bond donors (Lipinski definition) is 1. The summed E-state index contributed by atoms with van der Waals surface area (Å²) in [5.74, 6) is 1.71. The Kier molecular flexibility index (Phi) is 3.38. The Morgan fingerprint density at radius 3 is 2.95 bits per heavy atom. The lowest BCUT2D eigenvalue weighted by molar-refractivity contribution is 0.418. The summed E-state index contributed by atoms with van der Waals surface area (Å²) in [5.41, 5.74) is 2.03. The number of benzene rings is 1. The molecule has 1 aliphatic carbocycles. The Labute approximate surface area is 114 Å². The van der Waals surface area contributed by atoms with Gasteiger partial charge in [0.25, 0.3) is 0 Å². The molecular formula is C16H20N2O. The zero-order valence-corrected chi connectivity index (χ0v) is 11.5. The average molecular weight is 256 g/mol. The molecule has 1 aliphatic rings. The first-order valence-electron chi connectivity index (χ1n) is 6.98. The molecule has 2 aromatic rings. The Morgan fingerprint density at radius 2 is 2.21 bits per heavy atom. The molecule has 1 N–H and O–H groups in total. The fourth-order valence-corrected chi connectivity index (χ4v) is 2.61. The van der Waals surface area contributed by atoms with Crippen LogP contribution in [-0.2, 0) is 6.54 Å². The van der Waals surface area contributed by atoms with Gasteiger partial charge in [-0.1, -0.05) is 31.5 Å². The zero-order chi connectivity index (χ0) is 13.2. The third kappa shape index (κ3) is 2.56. The first kappa shape index (κ1) is 12.4. The molecule has 0 aliphatic heterocycles. The maximum absolute atomic E-state index is 5.37. The van der Waals surface area contributed by atoms with Gasteiger partial charge in [0.2, 0.25) is 0 Å². The van der Waals surface area contributed by atoms with Gasteiger partial charge in [-0.05, 0) is 24.5 Å². The topological polar surface area (TPSA) is 34.1 Å². The highest BCUT2D eigenvalue weighted by molar-refractivity contribution is 5.84. The molecule has 3 nitrogen and oxygen atoms in total. The fraction of sp³-hybridized carbons (Fsp3) is 0.438. The molecule has 1 aromatic carbocycles. The number of nitrogens with zero attached hydrogens (tertiary/aromatic N) is 1. The fourth-order valence-electron chi connectivity index (χ4n) is 2.61. The molecular weight excluding hydrogens is 236 g/mol.